The van der Waals surface area contributed by atoms with E-state index in [2.05, 4.69) is 10.3 Å². The summed E-state index contributed by atoms with van der Waals surface area (Å²) in [4.78, 5) is 14.9. The van der Waals surface area contributed by atoms with E-state index in [9.17, 15) is 4.79 Å². The number of ketones is 1. The molecule has 0 aromatic rings. The van der Waals surface area contributed by atoms with Gasteiger partial charge < -0.3 is 5.32 Å². The van der Waals surface area contributed by atoms with Crippen molar-refractivity contribution in [3.05, 3.63) is 23.4 Å². The second-order valence-corrected chi connectivity index (χ2v) is 2.56. The Morgan fingerprint density at radius 1 is 1.45 bits per heavy atom. The van der Waals surface area contributed by atoms with Crippen molar-refractivity contribution in [3.63, 3.8) is 0 Å². The molecule has 0 radical (unpaired) electrons. The predicted octanol–water partition coefficient (Wildman–Crippen LogP) is 0.401. The molecule has 0 bridgehead atoms. The summed E-state index contributed by atoms with van der Waals surface area (Å²) in [6.45, 7) is 0.622. The van der Waals surface area contributed by atoms with Gasteiger partial charge in [-0.3, -0.25) is 9.79 Å². The van der Waals surface area contributed by atoms with E-state index in [4.69, 9.17) is 0 Å². The van der Waals surface area contributed by atoms with Gasteiger partial charge in [0.15, 0.2) is 5.78 Å². The van der Waals surface area contributed by atoms with Crippen LogP contribution in [0.15, 0.2) is 28.4 Å². The lowest BCUT2D eigenvalue weighted by Gasteiger charge is -2.16. The van der Waals surface area contributed by atoms with Gasteiger partial charge in [0.2, 0.25) is 0 Å². The van der Waals surface area contributed by atoms with E-state index < -0.39 is 0 Å². The van der Waals surface area contributed by atoms with Gasteiger partial charge in [-0.25, -0.2) is 0 Å². The van der Waals surface area contributed by atoms with Gasteiger partial charge in [-0.15, -0.1) is 0 Å². The average molecular weight is 148 g/mol. The molecule has 0 unspecified atom stereocenters. The number of hydrogen-bond acceptors (Lipinski definition) is 3. The Labute approximate surface area is 64.5 Å². The molecule has 1 N–H and O–H groups in total. The first-order chi connectivity index (χ1) is 5.36. The molecule has 0 amide bonds. The van der Waals surface area contributed by atoms with E-state index in [0.717, 1.165) is 11.3 Å². The monoisotopic (exact) mass is 148 g/mol. The molecule has 0 aromatic carbocycles. The van der Waals surface area contributed by atoms with E-state index in [1.165, 1.54) is 0 Å². The van der Waals surface area contributed by atoms with Crippen LogP contribution in [-0.2, 0) is 4.79 Å². The molecule has 0 atom stereocenters. The zero-order chi connectivity index (χ0) is 7.68. The number of nitrogens with zero attached hydrogens (tertiary/aromatic N) is 1. The van der Waals surface area contributed by atoms with Crippen molar-refractivity contribution in [1.82, 2.24) is 5.32 Å². The topological polar surface area (TPSA) is 41.5 Å². The number of rotatable bonds is 0. The molecule has 3 nitrogen and oxygen atoms in total. The minimum absolute atomic E-state index is 0.152. The van der Waals surface area contributed by atoms with E-state index in [0.29, 0.717) is 13.1 Å². The molecule has 0 fully saturated rings. The predicted molar refractivity (Wildman–Crippen MR) is 42.3 cm³/mol. The van der Waals surface area contributed by atoms with Gasteiger partial charge >= 0.3 is 0 Å². The quantitative estimate of drug-likeness (QED) is 0.540. The van der Waals surface area contributed by atoms with Crippen LogP contribution in [-0.4, -0.2) is 18.7 Å². The van der Waals surface area contributed by atoms with E-state index in [1.807, 2.05) is 6.08 Å². The minimum atomic E-state index is 0.152. The fourth-order valence-corrected chi connectivity index (χ4v) is 1.20. The van der Waals surface area contributed by atoms with Crippen LogP contribution >= 0.6 is 0 Å². The van der Waals surface area contributed by atoms with Gasteiger partial charge in [-0.05, 0) is 12.2 Å². The number of carbonyl (C=O) groups excluding carboxylic acids is 1. The molecule has 2 aliphatic rings. The summed E-state index contributed by atoms with van der Waals surface area (Å²) in [6.07, 6.45) is 5.67. The first-order valence-electron chi connectivity index (χ1n) is 3.54. The highest BCUT2D eigenvalue weighted by Crippen LogP contribution is 2.14. The van der Waals surface area contributed by atoms with Gasteiger partial charge in [-0.2, -0.15) is 0 Å². The maximum absolute atomic E-state index is 10.9. The van der Waals surface area contributed by atoms with Crippen LogP contribution in [0.1, 0.15) is 6.42 Å². The van der Waals surface area contributed by atoms with E-state index in [1.54, 1.807) is 12.3 Å². The molecule has 3 heteroatoms. The molecule has 0 saturated heterocycles. The summed E-state index contributed by atoms with van der Waals surface area (Å²) < 4.78 is 0. The van der Waals surface area contributed by atoms with Crippen molar-refractivity contribution in [2.75, 3.05) is 6.67 Å². The molecule has 0 saturated carbocycles. The molecular weight excluding hydrogens is 140 g/mol. The van der Waals surface area contributed by atoms with Crippen molar-refractivity contribution < 1.29 is 4.79 Å². The van der Waals surface area contributed by atoms with Crippen molar-refractivity contribution in [1.29, 1.82) is 0 Å². The molecule has 1 heterocycles. The van der Waals surface area contributed by atoms with Crippen LogP contribution in [0, 0.1) is 0 Å². The van der Waals surface area contributed by atoms with Crippen molar-refractivity contribution in [2.45, 2.75) is 6.42 Å². The zero-order valence-electron chi connectivity index (χ0n) is 6.00. The van der Waals surface area contributed by atoms with Crippen molar-refractivity contribution >= 4 is 12.0 Å². The lowest BCUT2D eigenvalue weighted by atomic mass is 10.0. The Balaban J connectivity index is 2.34. The number of allylic oxidation sites excluding steroid dienone is 3. The second kappa shape index (κ2) is 2.34. The summed E-state index contributed by atoms with van der Waals surface area (Å²) in [5.41, 5.74) is 2.04. The third-order valence-electron chi connectivity index (χ3n) is 1.75. The van der Waals surface area contributed by atoms with Crippen molar-refractivity contribution in [2.24, 2.45) is 4.99 Å². The molecule has 1 aliphatic carbocycles. The smallest absolute Gasteiger partial charge is 0.160 e. The van der Waals surface area contributed by atoms with E-state index >= 15 is 0 Å². The Bertz CT molecular complexity index is 286. The zero-order valence-corrected chi connectivity index (χ0v) is 6.00. The number of carbonyl (C=O) groups is 1. The number of hydrogen-bond donors (Lipinski definition) is 1. The fourth-order valence-electron chi connectivity index (χ4n) is 1.20. The summed E-state index contributed by atoms with van der Waals surface area (Å²) in [6, 6.07) is 0. The summed E-state index contributed by atoms with van der Waals surface area (Å²) >= 11 is 0. The number of aliphatic imine (C=N–C) groups is 1. The maximum Gasteiger partial charge on any atom is 0.160 e. The van der Waals surface area contributed by atoms with Crippen LogP contribution in [0.3, 0.4) is 0 Å². The highest BCUT2D eigenvalue weighted by Gasteiger charge is 2.13. The van der Waals surface area contributed by atoms with Gasteiger partial charge in [-0.1, -0.05) is 0 Å². The molecule has 56 valence electrons. The first-order valence-corrected chi connectivity index (χ1v) is 3.54. The van der Waals surface area contributed by atoms with Crippen LogP contribution < -0.4 is 5.32 Å². The molecule has 0 spiro atoms. The summed E-state index contributed by atoms with van der Waals surface area (Å²) in [5, 5.41) is 3.08. The minimum Gasteiger partial charge on any atom is -0.366 e. The average Bonchev–Trinajstić information content (AvgIpc) is 2.04. The SMILES string of the molecule is O=C1C=CC2=C(C=NCN2)C1. The molecule has 2 rings (SSSR count). The summed E-state index contributed by atoms with van der Waals surface area (Å²) in [5.74, 6) is 0.152. The Morgan fingerprint density at radius 3 is 3.27 bits per heavy atom. The standard InChI is InChI=1S/C8H8N2O/c11-7-1-2-8-6(3-7)4-9-5-10-8/h1-2,4,10H,3,5H2. The van der Waals surface area contributed by atoms with Gasteiger partial charge in [0.1, 0.15) is 6.67 Å². The highest BCUT2D eigenvalue weighted by molar-refractivity contribution is 6.00. The van der Waals surface area contributed by atoms with Crippen LogP contribution in [0.4, 0.5) is 0 Å². The van der Waals surface area contributed by atoms with Crippen LogP contribution in [0.2, 0.25) is 0 Å². The maximum atomic E-state index is 10.9. The second-order valence-electron chi connectivity index (χ2n) is 2.56. The molecular formula is C8H8N2O. The number of nitrogens with one attached hydrogen (secondary N) is 1. The first kappa shape index (κ1) is 6.34. The van der Waals surface area contributed by atoms with Crippen molar-refractivity contribution in [3.8, 4) is 0 Å². The Morgan fingerprint density at radius 2 is 2.36 bits per heavy atom. The molecule has 1 aliphatic heterocycles. The van der Waals surface area contributed by atoms with E-state index in [-0.39, 0.29) is 5.78 Å². The summed E-state index contributed by atoms with van der Waals surface area (Å²) in [7, 11) is 0. The van der Waals surface area contributed by atoms with Crippen LogP contribution in [0.25, 0.3) is 0 Å². The normalized spacial score (nSPS) is 21.6. The molecule has 0 aromatic heterocycles. The third kappa shape index (κ3) is 1.09. The molecule has 11 heavy (non-hydrogen) atoms. The third-order valence-corrected chi connectivity index (χ3v) is 1.75. The van der Waals surface area contributed by atoms with Crippen LogP contribution in [0.5, 0.6) is 0 Å². The van der Waals surface area contributed by atoms with Gasteiger partial charge in [0.25, 0.3) is 0 Å². The fraction of sp³-hybridized carbons (Fsp3) is 0.250. The lowest BCUT2D eigenvalue weighted by Crippen LogP contribution is -2.22. The van der Waals surface area contributed by atoms with Gasteiger partial charge in [0, 0.05) is 23.9 Å². The Hall–Kier alpha value is -1.38. The highest BCUT2D eigenvalue weighted by atomic mass is 16.1. The lowest BCUT2D eigenvalue weighted by molar-refractivity contribution is -0.114. The Kier molecular flexibility index (Phi) is 1.35. The van der Waals surface area contributed by atoms with Gasteiger partial charge in [0.05, 0.1) is 0 Å². The largest absolute Gasteiger partial charge is 0.366 e.